The fourth-order valence-corrected chi connectivity index (χ4v) is 2.62. The van der Waals surface area contributed by atoms with E-state index >= 15 is 0 Å². The number of hydrogen-bond donors (Lipinski definition) is 1. The van der Waals surface area contributed by atoms with Crippen molar-refractivity contribution >= 4 is 40.1 Å². The molecule has 0 aliphatic carbocycles. The Morgan fingerprint density at radius 1 is 1.22 bits per heavy atom. The van der Waals surface area contributed by atoms with Gasteiger partial charge in [0.05, 0.1) is 16.0 Å². The molecular weight excluding hydrogens is 372 g/mol. The van der Waals surface area contributed by atoms with Crippen molar-refractivity contribution in [2.45, 2.75) is 52.1 Å². The monoisotopic (exact) mass is 394 g/mol. The largest absolute Gasteiger partial charge is 0.460 e. The van der Waals surface area contributed by atoms with Crippen molar-refractivity contribution in [3.63, 3.8) is 0 Å². The molecule has 0 fully saturated rings. The fraction of sp³-hybridized carbons (Fsp3) is 0.500. The molecule has 1 heterocycles. The number of carbonyl (C=O) groups is 1. The second-order valence-corrected chi connectivity index (χ2v) is 7.48. The predicted molar refractivity (Wildman–Crippen MR) is 104 cm³/mol. The topological polar surface area (TPSA) is 107 Å². The van der Waals surface area contributed by atoms with Crippen molar-refractivity contribution in [1.29, 1.82) is 0 Å². The molecule has 0 saturated carbocycles. The smallest absolute Gasteiger partial charge is 0.306 e. The van der Waals surface area contributed by atoms with Crippen molar-refractivity contribution in [2.75, 3.05) is 11.9 Å². The third kappa shape index (κ3) is 6.63. The van der Waals surface area contributed by atoms with Crippen LogP contribution in [0.25, 0.3) is 11.0 Å². The SMILES string of the molecule is CC(C)(C)OC(=O)CCCCCNc1nc2ccc([N+](=O)[O-])cc2nc1Cl. The zero-order chi connectivity index (χ0) is 20.0. The molecule has 2 aromatic rings. The van der Waals surface area contributed by atoms with Crippen molar-refractivity contribution in [1.82, 2.24) is 9.97 Å². The Bertz CT molecular complexity index is 836. The second-order valence-electron chi connectivity index (χ2n) is 7.12. The number of fused-ring (bicyclic) bond motifs is 1. The normalized spacial score (nSPS) is 11.4. The van der Waals surface area contributed by atoms with Crippen LogP contribution < -0.4 is 5.32 Å². The Morgan fingerprint density at radius 3 is 2.63 bits per heavy atom. The highest BCUT2D eigenvalue weighted by atomic mass is 35.5. The van der Waals surface area contributed by atoms with Crippen LogP contribution >= 0.6 is 11.6 Å². The lowest BCUT2D eigenvalue weighted by Gasteiger charge is -2.19. The van der Waals surface area contributed by atoms with Crippen molar-refractivity contribution in [3.05, 3.63) is 33.5 Å². The van der Waals surface area contributed by atoms with E-state index in [2.05, 4.69) is 15.3 Å². The number of anilines is 1. The van der Waals surface area contributed by atoms with Gasteiger partial charge in [-0.3, -0.25) is 14.9 Å². The number of rotatable bonds is 8. The summed E-state index contributed by atoms with van der Waals surface area (Å²) in [5.41, 5.74) is 0.387. The highest BCUT2D eigenvalue weighted by Crippen LogP contribution is 2.24. The molecule has 9 heteroatoms. The Hall–Kier alpha value is -2.48. The van der Waals surface area contributed by atoms with Gasteiger partial charge in [-0.05, 0) is 39.7 Å². The van der Waals surface area contributed by atoms with Gasteiger partial charge >= 0.3 is 5.97 Å². The van der Waals surface area contributed by atoms with Gasteiger partial charge in [0.15, 0.2) is 11.0 Å². The van der Waals surface area contributed by atoms with Crippen LogP contribution in [0.2, 0.25) is 5.15 Å². The number of unbranched alkanes of at least 4 members (excludes halogenated alkanes) is 2. The van der Waals surface area contributed by atoms with Crippen LogP contribution in [0.3, 0.4) is 0 Å². The van der Waals surface area contributed by atoms with Crippen molar-refractivity contribution < 1.29 is 14.5 Å². The number of hydrogen-bond acceptors (Lipinski definition) is 7. The van der Waals surface area contributed by atoms with E-state index in [0.29, 0.717) is 29.8 Å². The molecule has 0 amide bonds. The molecule has 0 saturated heterocycles. The molecule has 0 unspecified atom stereocenters. The third-order valence-electron chi connectivity index (χ3n) is 3.59. The summed E-state index contributed by atoms with van der Waals surface area (Å²) >= 11 is 6.11. The summed E-state index contributed by atoms with van der Waals surface area (Å²) in [5, 5.41) is 14.1. The maximum absolute atomic E-state index is 11.6. The van der Waals surface area contributed by atoms with Crippen LogP contribution in [0.1, 0.15) is 46.5 Å². The molecule has 146 valence electrons. The van der Waals surface area contributed by atoms with Crippen LogP contribution in [-0.4, -0.2) is 33.0 Å². The number of non-ortho nitro benzene ring substituents is 1. The average molecular weight is 395 g/mol. The van der Waals surface area contributed by atoms with Gasteiger partial charge < -0.3 is 10.1 Å². The molecule has 1 N–H and O–H groups in total. The lowest BCUT2D eigenvalue weighted by atomic mass is 10.1. The van der Waals surface area contributed by atoms with E-state index in [9.17, 15) is 14.9 Å². The van der Waals surface area contributed by atoms with Crippen LogP contribution in [0, 0.1) is 10.1 Å². The van der Waals surface area contributed by atoms with Gasteiger partial charge in [-0.2, -0.15) is 0 Å². The predicted octanol–water partition coefficient (Wildman–Crippen LogP) is 4.51. The summed E-state index contributed by atoms with van der Waals surface area (Å²) in [5.74, 6) is 0.248. The summed E-state index contributed by atoms with van der Waals surface area (Å²) in [4.78, 5) is 30.5. The number of aromatic nitrogens is 2. The van der Waals surface area contributed by atoms with Gasteiger partial charge in [-0.1, -0.05) is 18.0 Å². The Balaban J connectivity index is 1.81. The Labute approximate surface area is 162 Å². The van der Waals surface area contributed by atoms with Crippen molar-refractivity contribution in [2.24, 2.45) is 0 Å². The molecule has 0 bridgehead atoms. The van der Waals surface area contributed by atoms with Crippen molar-refractivity contribution in [3.8, 4) is 0 Å². The van der Waals surface area contributed by atoms with E-state index in [0.717, 1.165) is 19.3 Å². The highest BCUT2D eigenvalue weighted by Gasteiger charge is 2.15. The van der Waals surface area contributed by atoms with E-state index in [4.69, 9.17) is 16.3 Å². The maximum atomic E-state index is 11.6. The first-order chi connectivity index (χ1) is 12.7. The summed E-state index contributed by atoms with van der Waals surface area (Å²) in [6.45, 7) is 6.17. The number of carbonyl (C=O) groups excluding carboxylic acids is 1. The standard InChI is InChI=1S/C18H23ClN4O4/c1-18(2,3)27-15(24)7-5-4-6-10-20-17-16(19)21-14-11-12(23(25)26)8-9-13(14)22-17/h8-9,11H,4-7,10H2,1-3H3,(H,20,22). The van der Waals surface area contributed by atoms with Gasteiger partial charge in [0, 0.05) is 25.1 Å². The summed E-state index contributed by atoms with van der Waals surface area (Å²) in [6.07, 6.45) is 2.83. The average Bonchev–Trinajstić information content (AvgIpc) is 2.56. The number of benzene rings is 1. The molecule has 0 aliphatic rings. The minimum absolute atomic E-state index is 0.0569. The Kier molecular flexibility index (Phi) is 6.90. The fourth-order valence-electron chi connectivity index (χ4n) is 2.42. The van der Waals surface area contributed by atoms with Gasteiger partial charge in [-0.25, -0.2) is 9.97 Å². The summed E-state index contributed by atoms with van der Waals surface area (Å²) < 4.78 is 5.26. The third-order valence-corrected chi connectivity index (χ3v) is 3.85. The summed E-state index contributed by atoms with van der Waals surface area (Å²) in [7, 11) is 0. The first kappa shape index (κ1) is 20.8. The van der Waals surface area contributed by atoms with E-state index < -0.39 is 10.5 Å². The van der Waals surface area contributed by atoms with E-state index in [1.165, 1.54) is 12.1 Å². The number of esters is 1. The number of nitro benzene ring substituents is 1. The number of nitro groups is 1. The van der Waals surface area contributed by atoms with E-state index in [1.54, 1.807) is 6.07 Å². The van der Waals surface area contributed by atoms with Crippen LogP contribution in [0.15, 0.2) is 18.2 Å². The zero-order valence-corrected chi connectivity index (χ0v) is 16.4. The summed E-state index contributed by atoms with van der Waals surface area (Å²) in [6, 6.07) is 4.27. The minimum atomic E-state index is -0.488. The van der Waals surface area contributed by atoms with Gasteiger partial charge in [0.1, 0.15) is 5.60 Å². The number of halogens is 1. The molecule has 27 heavy (non-hydrogen) atoms. The molecule has 0 radical (unpaired) electrons. The molecular formula is C18H23ClN4O4. The van der Waals surface area contributed by atoms with Crippen LogP contribution in [0.4, 0.5) is 11.5 Å². The second kappa shape index (κ2) is 8.94. The molecule has 1 aromatic heterocycles. The van der Waals surface area contributed by atoms with Crippen LogP contribution in [-0.2, 0) is 9.53 Å². The zero-order valence-electron chi connectivity index (χ0n) is 15.6. The van der Waals surface area contributed by atoms with E-state index in [-0.39, 0.29) is 16.8 Å². The minimum Gasteiger partial charge on any atom is -0.460 e. The quantitative estimate of drug-likeness (QED) is 0.304. The Morgan fingerprint density at radius 2 is 1.96 bits per heavy atom. The number of ether oxygens (including phenoxy) is 1. The van der Waals surface area contributed by atoms with Gasteiger partial charge in [0.2, 0.25) is 0 Å². The molecule has 0 aliphatic heterocycles. The molecule has 0 spiro atoms. The van der Waals surface area contributed by atoms with Gasteiger partial charge in [0.25, 0.3) is 5.69 Å². The maximum Gasteiger partial charge on any atom is 0.306 e. The van der Waals surface area contributed by atoms with E-state index in [1.807, 2.05) is 20.8 Å². The first-order valence-corrected chi connectivity index (χ1v) is 9.11. The highest BCUT2D eigenvalue weighted by molar-refractivity contribution is 6.32. The molecule has 0 atom stereocenters. The lowest BCUT2D eigenvalue weighted by Crippen LogP contribution is -2.23. The first-order valence-electron chi connectivity index (χ1n) is 8.73. The molecule has 2 rings (SSSR count). The molecule has 8 nitrogen and oxygen atoms in total. The number of nitrogens with one attached hydrogen (secondary N) is 1. The van der Waals surface area contributed by atoms with Crippen LogP contribution in [0.5, 0.6) is 0 Å². The lowest BCUT2D eigenvalue weighted by molar-refractivity contribution is -0.384. The number of nitrogens with zero attached hydrogens (tertiary/aromatic N) is 3. The molecule has 1 aromatic carbocycles. The van der Waals surface area contributed by atoms with Gasteiger partial charge in [-0.15, -0.1) is 0 Å².